The molecule has 0 saturated carbocycles. The Labute approximate surface area is 109 Å². The average Bonchev–Trinajstić information content (AvgIpc) is 2.82. The van der Waals surface area contributed by atoms with Crippen LogP contribution in [0.3, 0.4) is 0 Å². The molecule has 3 rings (SSSR count). The van der Waals surface area contributed by atoms with Gasteiger partial charge in [0, 0.05) is 26.5 Å². The van der Waals surface area contributed by atoms with Gasteiger partial charge < -0.3 is 4.90 Å². The van der Waals surface area contributed by atoms with E-state index in [1.54, 1.807) is 30.2 Å². The van der Waals surface area contributed by atoms with Gasteiger partial charge in [-0.05, 0) is 6.07 Å². The Bertz CT molecular complexity index is 692. The van der Waals surface area contributed by atoms with E-state index in [1.807, 2.05) is 11.9 Å². The Morgan fingerprint density at radius 1 is 1.16 bits per heavy atom. The fourth-order valence-electron chi connectivity index (χ4n) is 1.82. The summed E-state index contributed by atoms with van der Waals surface area (Å²) in [6.45, 7) is 0.545. The first-order chi connectivity index (χ1) is 9.25. The molecule has 3 aromatic heterocycles. The highest BCUT2D eigenvalue weighted by atomic mass is 15.4. The maximum absolute atomic E-state index is 4.26. The number of nitrogens with zero attached hydrogens (tertiary/aromatic N) is 8. The molecular formula is C11H12N8. The Morgan fingerprint density at radius 2 is 1.95 bits per heavy atom. The van der Waals surface area contributed by atoms with Crippen LogP contribution in [0.5, 0.6) is 0 Å². The maximum Gasteiger partial charge on any atom is 0.183 e. The second kappa shape index (κ2) is 4.56. The number of hydrogen-bond acceptors (Lipinski definition) is 7. The van der Waals surface area contributed by atoms with Crippen molar-refractivity contribution in [2.75, 3.05) is 11.9 Å². The molecule has 0 N–H and O–H groups in total. The van der Waals surface area contributed by atoms with Gasteiger partial charge in [0.25, 0.3) is 0 Å². The fourth-order valence-corrected chi connectivity index (χ4v) is 1.82. The van der Waals surface area contributed by atoms with Crippen molar-refractivity contribution in [3.63, 3.8) is 0 Å². The molecule has 0 aliphatic rings. The summed E-state index contributed by atoms with van der Waals surface area (Å²) in [7, 11) is 3.71. The Hall–Kier alpha value is -2.64. The van der Waals surface area contributed by atoms with Gasteiger partial charge in [-0.2, -0.15) is 0 Å². The minimum absolute atomic E-state index is 0.545. The molecule has 0 atom stereocenters. The van der Waals surface area contributed by atoms with Crippen LogP contribution in [0, 0.1) is 0 Å². The summed E-state index contributed by atoms with van der Waals surface area (Å²) in [5, 5.41) is 8.04. The first kappa shape index (κ1) is 11.5. The summed E-state index contributed by atoms with van der Waals surface area (Å²) in [6.07, 6.45) is 4.94. The molecule has 8 nitrogen and oxygen atoms in total. The number of fused-ring (bicyclic) bond motifs is 1. The molecule has 3 heterocycles. The standard InChI is InChI=1S/C11H12N8/c1-18(6-8-12-4-3-5-13-8)10-9-11(15-7-14-10)19(2)17-16-9/h3-5,7H,6H2,1-2H3. The number of rotatable bonds is 3. The molecule has 19 heavy (non-hydrogen) atoms. The zero-order chi connectivity index (χ0) is 13.2. The molecule has 0 saturated heterocycles. The number of anilines is 1. The van der Waals surface area contributed by atoms with Gasteiger partial charge in [0.1, 0.15) is 12.2 Å². The van der Waals surface area contributed by atoms with Gasteiger partial charge in [-0.25, -0.2) is 24.6 Å². The van der Waals surface area contributed by atoms with Gasteiger partial charge in [0.15, 0.2) is 17.0 Å². The van der Waals surface area contributed by atoms with Gasteiger partial charge in [0.2, 0.25) is 0 Å². The normalized spacial score (nSPS) is 10.8. The topological polar surface area (TPSA) is 85.5 Å². The molecule has 0 radical (unpaired) electrons. The third-order valence-electron chi connectivity index (χ3n) is 2.73. The van der Waals surface area contributed by atoms with Gasteiger partial charge in [-0.1, -0.05) is 5.21 Å². The van der Waals surface area contributed by atoms with Crippen LogP contribution in [0.2, 0.25) is 0 Å². The van der Waals surface area contributed by atoms with Crippen LogP contribution in [0.25, 0.3) is 11.2 Å². The molecule has 0 amide bonds. The van der Waals surface area contributed by atoms with E-state index in [-0.39, 0.29) is 0 Å². The fraction of sp³-hybridized carbons (Fsp3) is 0.273. The van der Waals surface area contributed by atoms with Crippen molar-refractivity contribution < 1.29 is 0 Å². The van der Waals surface area contributed by atoms with E-state index in [0.717, 1.165) is 5.82 Å². The van der Waals surface area contributed by atoms with E-state index < -0.39 is 0 Å². The lowest BCUT2D eigenvalue weighted by atomic mass is 10.4. The lowest BCUT2D eigenvalue weighted by molar-refractivity contribution is 0.729. The lowest BCUT2D eigenvalue weighted by Crippen LogP contribution is -2.19. The molecule has 0 aliphatic heterocycles. The van der Waals surface area contributed by atoms with Crippen molar-refractivity contribution in [2.45, 2.75) is 6.54 Å². The van der Waals surface area contributed by atoms with Crippen molar-refractivity contribution in [3.05, 3.63) is 30.6 Å². The summed E-state index contributed by atoms with van der Waals surface area (Å²) < 4.78 is 1.62. The SMILES string of the molecule is CN(Cc1ncccn1)c1ncnc2c1nnn2C. The van der Waals surface area contributed by atoms with Gasteiger partial charge in [0.05, 0.1) is 6.54 Å². The van der Waals surface area contributed by atoms with Crippen molar-refractivity contribution in [2.24, 2.45) is 7.05 Å². The van der Waals surface area contributed by atoms with Crippen LogP contribution >= 0.6 is 0 Å². The Kier molecular flexibility index (Phi) is 2.75. The van der Waals surface area contributed by atoms with E-state index in [2.05, 4.69) is 30.2 Å². The van der Waals surface area contributed by atoms with E-state index in [9.17, 15) is 0 Å². The van der Waals surface area contributed by atoms with Gasteiger partial charge in [-0.15, -0.1) is 5.10 Å². The number of aromatic nitrogens is 7. The average molecular weight is 256 g/mol. The van der Waals surface area contributed by atoms with Crippen LogP contribution < -0.4 is 4.90 Å². The highest BCUT2D eigenvalue weighted by Gasteiger charge is 2.14. The predicted molar refractivity (Wildman–Crippen MR) is 68.2 cm³/mol. The van der Waals surface area contributed by atoms with Crippen LogP contribution in [-0.2, 0) is 13.6 Å². The zero-order valence-corrected chi connectivity index (χ0v) is 10.6. The third-order valence-corrected chi connectivity index (χ3v) is 2.73. The molecule has 0 fully saturated rings. The zero-order valence-electron chi connectivity index (χ0n) is 10.6. The maximum atomic E-state index is 4.26. The predicted octanol–water partition coefficient (Wildman–Crippen LogP) is 0.185. The van der Waals surface area contributed by atoms with Crippen molar-refractivity contribution >= 4 is 17.0 Å². The quantitative estimate of drug-likeness (QED) is 0.661. The molecule has 0 spiro atoms. The van der Waals surface area contributed by atoms with E-state index in [1.165, 1.54) is 6.33 Å². The molecular weight excluding hydrogens is 244 g/mol. The summed E-state index contributed by atoms with van der Waals surface area (Å²) in [6, 6.07) is 1.79. The lowest BCUT2D eigenvalue weighted by Gasteiger charge is -2.16. The second-order valence-electron chi connectivity index (χ2n) is 4.10. The minimum atomic E-state index is 0.545. The van der Waals surface area contributed by atoms with Crippen LogP contribution in [-0.4, -0.2) is 42.0 Å². The molecule has 0 aromatic carbocycles. The van der Waals surface area contributed by atoms with Crippen LogP contribution in [0.1, 0.15) is 5.82 Å². The summed E-state index contributed by atoms with van der Waals surface area (Å²) in [5.74, 6) is 1.44. The highest BCUT2D eigenvalue weighted by molar-refractivity contribution is 5.82. The number of hydrogen-bond donors (Lipinski definition) is 0. The summed E-state index contributed by atoms with van der Waals surface area (Å²) in [4.78, 5) is 18.7. The van der Waals surface area contributed by atoms with Crippen LogP contribution in [0.4, 0.5) is 5.82 Å². The van der Waals surface area contributed by atoms with Gasteiger partial charge >= 0.3 is 0 Å². The summed E-state index contributed by atoms with van der Waals surface area (Å²) >= 11 is 0. The molecule has 96 valence electrons. The van der Waals surface area contributed by atoms with E-state index in [0.29, 0.717) is 23.5 Å². The highest BCUT2D eigenvalue weighted by Crippen LogP contribution is 2.19. The number of aryl methyl sites for hydroxylation is 1. The monoisotopic (exact) mass is 256 g/mol. The minimum Gasteiger partial charge on any atom is -0.350 e. The van der Waals surface area contributed by atoms with Crippen LogP contribution in [0.15, 0.2) is 24.8 Å². The largest absolute Gasteiger partial charge is 0.350 e. The van der Waals surface area contributed by atoms with E-state index >= 15 is 0 Å². The molecule has 8 heteroatoms. The smallest absolute Gasteiger partial charge is 0.183 e. The molecule has 0 aliphatic carbocycles. The summed E-state index contributed by atoms with van der Waals surface area (Å²) in [5.41, 5.74) is 1.37. The Balaban J connectivity index is 1.96. The Morgan fingerprint density at radius 3 is 2.74 bits per heavy atom. The van der Waals surface area contributed by atoms with Gasteiger partial charge in [-0.3, -0.25) is 0 Å². The second-order valence-corrected chi connectivity index (χ2v) is 4.10. The van der Waals surface area contributed by atoms with E-state index in [4.69, 9.17) is 0 Å². The molecule has 0 bridgehead atoms. The van der Waals surface area contributed by atoms with Crippen molar-refractivity contribution in [1.29, 1.82) is 0 Å². The molecule has 3 aromatic rings. The molecule has 0 unspecified atom stereocenters. The third kappa shape index (κ3) is 2.07. The van der Waals surface area contributed by atoms with Crippen molar-refractivity contribution in [3.8, 4) is 0 Å². The van der Waals surface area contributed by atoms with Crippen molar-refractivity contribution in [1.82, 2.24) is 34.9 Å². The first-order valence-electron chi connectivity index (χ1n) is 5.73. The first-order valence-corrected chi connectivity index (χ1v) is 5.73.